The third kappa shape index (κ3) is 6.67. The maximum absolute atomic E-state index is 12.8. The van der Waals surface area contributed by atoms with Crippen LogP contribution in [0.25, 0.3) is 0 Å². The molecule has 1 amide bonds. The molecule has 4 rings (SSSR count). The molecule has 1 aliphatic heterocycles. The van der Waals surface area contributed by atoms with Gasteiger partial charge in [0.1, 0.15) is 22.8 Å². The van der Waals surface area contributed by atoms with E-state index in [2.05, 4.69) is 54.5 Å². The van der Waals surface area contributed by atoms with Crippen molar-refractivity contribution in [3.05, 3.63) is 77.6 Å². The molecule has 5 N–H and O–H groups in total. The van der Waals surface area contributed by atoms with Crippen LogP contribution in [0.5, 0.6) is 0 Å². The Kier molecular flexibility index (Phi) is 8.12. The van der Waals surface area contributed by atoms with Crippen LogP contribution in [0.1, 0.15) is 41.0 Å². The minimum atomic E-state index is -1.12. The number of aromatic nitrogens is 3. The summed E-state index contributed by atoms with van der Waals surface area (Å²) < 4.78 is 0. The quantitative estimate of drug-likeness (QED) is 0.265. The van der Waals surface area contributed by atoms with Crippen molar-refractivity contribution < 1.29 is 15.0 Å². The van der Waals surface area contributed by atoms with Crippen molar-refractivity contribution in [3.63, 3.8) is 0 Å². The average molecular weight is 504 g/mol. The summed E-state index contributed by atoms with van der Waals surface area (Å²) in [6.07, 6.45) is 3.94. The van der Waals surface area contributed by atoms with Crippen molar-refractivity contribution in [2.24, 2.45) is 0 Å². The fraction of sp³-hybridized carbons (Fsp3) is 0.333. The number of aliphatic hydroxyl groups excluding tert-OH is 1. The first-order valence-corrected chi connectivity index (χ1v) is 12.2. The molecule has 0 unspecified atom stereocenters. The normalized spacial score (nSPS) is 13.5. The molecule has 10 heteroatoms. The van der Waals surface area contributed by atoms with Crippen LogP contribution in [-0.2, 0) is 18.6 Å². The summed E-state index contributed by atoms with van der Waals surface area (Å²) in [6.45, 7) is 9.78. The van der Waals surface area contributed by atoms with Gasteiger partial charge in [0, 0.05) is 38.1 Å². The number of hydrogen-bond donors (Lipinski definition) is 5. The van der Waals surface area contributed by atoms with E-state index in [9.17, 15) is 15.0 Å². The van der Waals surface area contributed by atoms with Gasteiger partial charge in [-0.3, -0.25) is 9.69 Å². The van der Waals surface area contributed by atoms with E-state index in [0.717, 1.165) is 25.2 Å². The number of fused-ring (bicyclic) bond motifs is 1. The number of aliphatic hydroxyl groups is 2. The zero-order valence-corrected chi connectivity index (χ0v) is 21.2. The molecular weight excluding hydrogens is 470 g/mol. The van der Waals surface area contributed by atoms with E-state index in [4.69, 9.17) is 0 Å². The largest absolute Gasteiger partial charge is 0.395 e. The molecular formula is C27H33N7O3. The highest BCUT2D eigenvalue weighted by Crippen LogP contribution is 2.26. The number of hydrogen-bond acceptors (Lipinski definition) is 9. The molecule has 0 bridgehead atoms. The molecule has 3 heterocycles. The van der Waals surface area contributed by atoms with Crippen molar-refractivity contribution in [1.29, 1.82) is 0 Å². The van der Waals surface area contributed by atoms with E-state index in [1.54, 1.807) is 38.1 Å². The molecule has 10 nitrogen and oxygen atoms in total. The lowest BCUT2D eigenvalue weighted by molar-refractivity contribution is 0.0740. The Bertz CT molecular complexity index is 1270. The second-order valence-corrected chi connectivity index (χ2v) is 9.40. The van der Waals surface area contributed by atoms with Crippen molar-refractivity contribution in [2.45, 2.75) is 32.4 Å². The first-order valence-electron chi connectivity index (χ1n) is 12.2. The monoisotopic (exact) mass is 503 g/mol. The molecule has 0 atom stereocenters. The number of pyridine rings is 1. The molecule has 0 spiro atoms. The molecule has 0 saturated carbocycles. The maximum Gasteiger partial charge on any atom is 0.256 e. The summed E-state index contributed by atoms with van der Waals surface area (Å²) in [7, 11) is 0. The zero-order chi connectivity index (χ0) is 26.4. The summed E-state index contributed by atoms with van der Waals surface area (Å²) in [5.74, 6) is 0.674. The molecule has 194 valence electrons. The van der Waals surface area contributed by atoms with Crippen LogP contribution in [0, 0.1) is 0 Å². The van der Waals surface area contributed by atoms with Crippen molar-refractivity contribution in [1.82, 2.24) is 25.2 Å². The van der Waals surface area contributed by atoms with Gasteiger partial charge in [-0.25, -0.2) is 9.97 Å². The highest BCUT2D eigenvalue weighted by atomic mass is 16.3. The number of benzene rings is 1. The standard InChI is InChI=1S/C27H33N7O3/c1-4-11-28-25(36)21-16-29-26(33-24(21)32-23-7-5-6-22(31-23)27(2,3)37)30-20-9-8-19-17-34(13-14-35)12-10-18(19)15-20/h4-9,15-16,35,37H,1,10-14,17H2,2-3H3,(H,28,36)(H2,29,30,31,32,33). The summed E-state index contributed by atoms with van der Waals surface area (Å²) in [5, 5.41) is 28.7. The van der Waals surface area contributed by atoms with Crippen molar-refractivity contribution in [3.8, 4) is 0 Å². The predicted molar refractivity (Wildman–Crippen MR) is 143 cm³/mol. The van der Waals surface area contributed by atoms with E-state index in [1.807, 2.05) is 6.07 Å². The van der Waals surface area contributed by atoms with Crippen LogP contribution in [-0.4, -0.2) is 62.2 Å². The summed E-state index contributed by atoms with van der Waals surface area (Å²) in [6, 6.07) is 11.4. The van der Waals surface area contributed by atoms with Gasteiger partial charge in [-0.2, -0.15) is 4.98 Å². The second-order valence-electron chi connectivity index (χ2n) is 9.40. The van der Waals surface area contributed by atoms with Crippen molar-refractivity contribution >= 4 is 29.2 Å². The number of nitrogens with zero attached hydrogens (tertiary/aromatic N) is 4. The van der Waals surface area contributed by atoms with Gasteiger partial charge in [0.05, 0.1) is 12.3 Å². The van der Waals surface area contributed by atoms with Gasteiger partial charge < -0.3 is 26.2 Å². The molecule has 1 aliphatic rings. The lowest BCUT2D eigenvalue weighted by Gasteiger charge is -2.28. The van der Waals surface area contributed by atoms with Crippen LogP contribution in [0.4, 0.5) is 23.3 Å². The van der Waals surface area contributed by atoms with Gasteiger partial charge in [-0.1, -0.05) is 18.2 Å². The van der Waals surface area contributed by atoms with Crippen LogP contribution >= 0.6 is 0 Å². The fourth-order valence-corrected chi connectivity index (χ4v) is 4.08. The van der Waals surface area contributed by atoms with Gasteiger partial charge in [-0.05, 0) is 55.7 Å². The average Bonchev–Trinajstić information content (AvgIpc) is 2.87. The summed E-state index contributed by atoms with van der Waals surface area (Å²) >= 11 is 0. The number of nitrogens with one attached hydrogen (secondary N) is 3. The highest BCUT2D eigenvalue weighted by Gasteiger charge is 2.20. The minimum absolute atomic E-state index is 0.155. The molecule has 0 aliphatic carbocycles. The Balaban J connectivity index is 1.60. The lowest BCUT2D eigenvalue weighted by atomic mass is 9.99. The van der Waals surface area contributed by atoms with Crippen LogP contribution in [0.15, 0.2) is 55.3 Å². The van der Waals surface area contributed by atoms with Gasteiger partial charge in [-0.15, -0.1) is 6.58 Å². The van der Waals surface area contributed by atoms with E-state index < -0.39 is 5.60 Å². The topological polar surface area (TPSA) is 136 Å². The third-order valence-corrected chi connectivity index (χ3v) is 6.03. The molecule has 37 heavy (non-hydrogen) atoms. The van der Waals surface area contributed by atoms with Gasteiger partial charge in [0.2, 0.25) is 5.95 Å². The van der Waals surface area contributed by atoms with Gasteiger partial charge in [0.15, 0.2) is 0 Å². The van der Waals surface area contributed by atoms with Crippen LogP contribution in [0.2, 0.25) is 0 Å². The molecule has 2 aromatic heterocycles. The number of β-amino-alcohol motifs (C(OH)–C–C–N with tert-alkyl or cyclic N) is 1. The number of rotatable bonds is 10. The van der Waals surface area contributed by atoms with Crippen LogP contribution < -0.4 is 16.0 Å². The van der Waals surface area contributed by atoms with E-state index in [0.29, 0.717) is 30.5 Å². The second kappa shape index (κ2) is 11.5. The Morgan fingerprint density at radius 3 is 2.78 bits per heavy atom. The van der Waals surface area contributed by atoms with E-state index in [1.165, 1.54) is 17.3 Å². The Labute approximate surface area is 216 Å². The zero-order valence-electron chi connectivity index (χ0n) is 21.2. The number of amides is 1. The van der Waals surface area contributed by atoms with E-state index in [-0.39, 0.29) is 23.9 Å². The third-order valence-electron chi connectivity index (χ3n) is 6.03. The first-order chi connectivity index (χ1) is 17.8. The molecule has 1 aromatic carbocycles. The number of carbonyl (C=O) groups excluding carboxylic acids is 1. The first kappa shape index (κ1) is 26.2. The molecule has 0 radical (unpaired) electrons. The smallest absolute Gasteiger partial charge is 0.256 e. The Morgan fingerprint density at radius 1 is 1.19 bits per heavy atom. The number of anilines is 4. The molecule has 0 saturated heterocycles. The summed E-state index contributed by atoms with van der Waals surface area (Å²) in [4.78, 5) is 28.4. The molecule has 0 fully saturated rings. The molecule has 3 aromatic rings. The summed E-state index contributed by atoms with van der Waals surface area (Å²) in [5.41, 5.74) is 2.92. The van der Waals surface area contributed by atoms with Gasteiger partial charge >= 0.3 is 0 Å². The van der Waals surface area contributed by atoms with E-state index >= 15 is 0 Å². The minimum Gasteiger partial charge on any atom is -0.395 e. The maximum atomic E-state index is 12.8. The number of carbonyl (C=O) groups is 1. The Hall–Kier alpha value is -3.86. The Morgan fingerprint density at radius 2 is 2.03 bits per heavy atom. The SMILES string of the molecule is C=CCNC(=O)c1cnc(Nc2ccc3c(c2)CCN(CCO)C3)nc1Nc1cccc(C(C)(C)O)n1. The fourth-order valence-electron chi connectivity index (χ4n) is 4.08. The van der Waals surface area contributed by atoms with Crippen molar-refractivity contribution in [2.75, 3.05) is 36.9 Å². The van der Waals surface area contributed by atoms with Crippen LogP contribution in [0.3, 0.4) is 0 Å². The van der Waals surface area contributed by atoms with Gasteiger partial charge in [0.25, 0.3) is 5.91 Å². The highest BCUT2D eigenvalue weighted by molar-refractivity contribution is 5.99. The predicted octanol–water partition coefficient (Wildman–Crippen LogP) is 2.85. The lowest BCUT2D eigenvalue weighted by Crippen LogP contribution is -2.32.